The third-order valence-electron chi connectivity index (χ3n) is 2.81. The largest absolute Gasteiger partial charge is 0.419 e. The van der Waals surface area contributed by atoms with Gasteiger partial charge in [0.15, 0.2) is 0 Å². The molecule has 108 valence electrons. The summed E-state index contributed by atoms with van der Waals surface area (Å²) in [5, 5.41) is 2.76. The number of alkyl halides is 3. The van der Waals surface area contributed by atoms with Crippen LogP contribution in [0.4, 0.5) is 19.0 Å². The van der Waals surface area contributed by atoms with E-state index >= 15 is 0 Å². The molecule has 2 nitrogen and oxygen atoms in total. The Bertz CT molecular complexity index is 603. The van der Waals surface area contributed by atoms with E-state index < -0.39 is 11.7 Å². The average molecular weight is 365 g/mol. The SMILES string of the molecule is Cc1cc(CNc2ncc(Br)cc2C(F)(F)F)sc1C. The predicted molar refractivity (Wildman–Crippen MR) is 78.1 cm³/mol. The molecule has 2 rings (SSSR count). The Kier molecular flexibility index (Phi) is 4.39. The van der Waals surface area contributed by atoms with Crippen LogP contribution >= 0.6 is 27.3 Å². The third-order valence-corrected chi connectivity index (χ3v) is 4.39. The van der Waals surface area contributed by atoms with Crippen molar-refractivity contribution in [2.75, 3.05) is 5.32 Å². The van der Waals surface area contributed by atoms with E-state index in [1.165, 1.54) is 11.1 Å². The van der Waals surface area contributed by atoms with Crippen LogP contribution in [0.25, 0.3) is 0 Å². The molecule has 0 fully saturated rings. The molecule has 0 amide bonds. The summed E-state index contributed by atoms with van der Waals surface area (Å²) < 4.78 is 39.1. The Morgan fingerprint density at radius 3 is 2.55 bits per heavy atom. The monoisotopic (exact) mass is 364 g/mol. The van der Waals surface area contributed by atoms with Crippen LogP contribution in [0.1, 0.15) is 20.9 Å². The van der Waals surface area contributed by atoms with E-state index in [0.29, 0.717) is 11.0 Å². The zero-order chi connectivity index (χ0) is 14.9. The van der Waals surface area contributed by atoms with E-state index in [4.69, 9.17) is 0 Å². The molecule has 0 saturated heterocycles. The fourth-order valence-corrected chi connectivity index (χ4v) is 3.03. The zero-order valence-electron chi connectivity index (χ0n) is 10.8. The van der Waals surface area contributed by atoms with Crippen LogP contribution in [-0.2, 0) is 12.7 Å². The van der Waals surface area contributed by atoms with Crippen molar-refractivity contribution in [1.82, 2.24) is 4.98 Å². The van der Waals surface area contributed by atoms with Crippen molar-refractivity contribution in [1.29, 1.82) is 0 Å². The zero-order valence-corrected chi connectivity index (χ0v) is 13.2. The topological polar surface area (TPSA) is 24.9 Å². The molecule has 7 heteroatoms. The van der Waals surface area contributed by atoms with E-state index in [1.54, 1.807) is 11.3 Å². The number of aryl methyl sites for hydroxylation is 2. The number of nitrogens with zero attached hydrogens (tertiary/aromatic N) is 1. The van der Waals surface area contributed by atoms with Crippen molar-refractivity contribution in [3.8, 4) is 0 Å². The first kappa shape index (κ1) is 15.3. The second kappa shape index (κ2) is 5.73. The van der Waals surface area contributed by atoms with Crippen LogP contribution in [0.5, 0.6) is 0 Å². The van der Waals surface area contributed by atoms with Crippen molar-refractivity contribution in [2.24, 2.45) is 0 Å². The summed E-state index contributed by atoms with van der Waals surface area (Å²) in [5.74, 6) is -0.149. The molecule has 0 aliphatic heterocycles. The van der Waals surface area contributed by atoms with Gasteiger partial charge in [0, 0.05) is 20.4 Å². The molecular formula is C13H12BrF3N2S. The van der Waals surface area contributed by atoms with Crippen molar-refractivity contribution in [3.63, 3.8) is 0 Å². The lowest BCUT2D eigenvalue weighted by Crippen LogP contribution is -2.12. The molecular weight excluding hydrogens is 353 g/mol. The number of anilines is 1. The summed E-state index contributed by atoms with van der Waals surface area (Å²) in [6.45, 7) is 4.30. The standard InChI is InChI=1S/C13H12BrF3N2S/c1-7-3-10(20-8(7)2)6-19-12-11(13(15,16)17)4-9(14)5-18-12/h3-5H,6H2,1-2H3,(H,18,19). The second-order valence-corrected chi connectivity index (χ2v) is 6.61. The Morgan fingerprint density at radius 1 is 1.30 bits per heavy atom. The summed E-state index contributed by atoms with van der Waals surface area (Å²) in [6, 6.07) is 3.00. The predicted octanol–water partition coefficient (Wildman–Crippen LogP) is 5.15. The fourth-order valence-electron chi connectivity index (χ4n) is 1.70. The van der Waals surface area contributed by atoms with Gasteiger partial charge in [-0.15, -0.1) is 11.3 Å². The van der Waals surface area contributed by atoms with Crippen LogP contribution in [-0.4, -0.2) is 4.98 Å². The summed E-state index contributed by atoms with van der Waals surface area (Å²) in [7, 11) is 0. The maximum absolute atomic E-state index is 12.9. The maximum Gasteiger partial charge on any atom is 0.419 e. The molecule has 0 saturated carbocycles. The number of pyridine rings is 1. The Hall–Kier alpha value is -1.08. The van der Waals surface area contributed by atoms with Crippen LogP contribution in [0.15, 0.2) is 22.8 Å². The molecule has 2 aromatic heterocycles. The molecule has 0 aliphatic carbocycles. The number of hydrogen-bond donors (Lipinski definition) is 1. The molecule has 0 spiro atoms. The minimum Gasteiger partial charge on any atom is -0.365 e. The molecule has 2 heterocycles. The number of nitrogens with one attached hydrogen (secondary N) is 1. The lowest BCUT2D eigenvalue weighted by Gasteiger charge is -2.13. The first-order chi connectivity index (χ1) is 9.27. The van der Waals surface area contributed by atoms with E-state index in [-0.39, 0.29) is 5.82 Å². The molecule has 0 bridgehead atoms. The van der Waals surface area contributed by atoms with Gasteiger partial charge in [-0.1, -0.05) is 0 Å². The van der Waals surface area contributed by atoms with Gasteiger partial charge < -0.3 is 5.32 Å². The van der Waals surface area contributed by atoms with Gasteiger partial charge in [-0.3, -0.25) is 0 Å². The van der Waals surface area contributed by atoms with Gasteiger partial charge in [0.25, 0.3) is 0 Å². The molecule has 1 N–H and O–H groups in total. The quantitative estimate of drug-likeness (QED) is 0.814. The minimum absolute atomic E-state index is 0.149. The Balaban J connectivity index is 2.21. The van der Waals surface area contributed by atoms with Gasteiger partial charge in [0.1, 0.15) is 5.82 Å². The van der Waals surface area contributed by atoms with Crippen LogP contribution < -0.4 is 5.32 Å². The number of rotatable bonds is 3. The summed E-state index contributed by atoms with van der Waals surface area (Å²) in [4.78, 5) is 5.97. The number of thiophene rings is 1. The van der Waals surface area contributed by atoms with Gasteiger partial charge in [0.2, 0.25) is 0 Å². The van der Waals surface area contributed by atoms with E-state index in [9.17, 15) is 13.2 Å². The molecule has 2 aromatic rings. The summed E-state index contributed by atoms with van der Waals surface area (Å²) in [6.07, 6.45) is -3.08. The lowest BCUT2D eigenvalue weighted by molar-refractivity contribution is -0.137. The average Bonchev–Trinajstić information content (AvgIpc) is 2.66. The van der Waals surface area contributed by atoms with Gasteiger partial charge >= 0.3 is 6.18 Å². The van der Waals surface area contributed by atoms with Gasteiger partial charge in [0.05, 0.1) is 12.1 Å². The van der Waals surface area contributed by atoms with Crippen LogP contribution in [0, 0.1) is 13.8 Å². The number of hydrogen-bond acceptors (Lipinski definition) is 3. The van der Waals surface area contributed by atoms with Crippen molar-refractivity contribution < 1.29 is 13.2 Å². The summed E-state index contributed by atoms with van der Waals surface area (Å²) >= 11 is 4.58. The molecule has 20 heavy (non-hydrogen) atoms. The van der Waals surface area contributed by atoms with Crippen molar-refractivity contribution >= 4 is 33.1 Å². The van der Waals surface area contributed by atoms with Gasteiger partial charge in [-0.25, -0.2) is 4.98 Å². The Morgan fingerprint density at radius 2 is 2.00 bits per heavy atom. The van der Waals surface area contributed by atoms with Crippen LogP contribution in [0.3, 0.4) is 0 Å². The minimum atomic E-state index is -4.43. The highest BCUT2D eigenvalue weighted by molar-refractivity contribution is 9.10. The highest BCUT2D eigenvalue weighted by Crippen LogP contribution is 2.35. The van der Waals surface area contributed by atoms with Crippen LogP contribution in [0.2, 0.25) is 0 Å². The van der Waals surface area contributed by atoms with E-state index in [2.05, 4.69) is 26.2 Å². The first-order valence-corrected chi connectivity index (χ1v) is 7.41. The van der Waals surface area contributed by atoms with Gasteiger partial charge in [-0.2, -0.15) is 13.2 Å². The second-order valence-electron chi connectivity index (χ2n) is 4.35. The lowest BCUT2D eigenvalue weighted by atomic mass is 10.2. The molecule has 0 aliphatic rings. The number of halogens is 4. The molecule has 0 unspecified atom stereocenters. The normalized spacial score (nSPS) is 11.7. The van der Waals surface area contributed by atoms with Gasteiger partial charge in [-0.05, 0) is 47.5 Å². The van der Waals surface area contributed by atoms with E-state index in [0.717, 1.165) is 16.5 Å². The molecule has 0 aromatic carbocycles. The third kappa shape index (κ3) is 3.52. The molecule has 0 radical (unpaired) electrons. The molecule has 0 atom stereocenters. The first-order valence-electron chi connectivity index (χ1n) is 5.80. The Labute approximate surface area is 127 Å². The smallest absolute Gasteiger partial charge is 0.365 e. The summed E-state index contributed by atoms with van der Waals surface area (Å²) in [5.41, 5.74) is 0.378. The van der Waals surface area contributed by atoms with Crippen molar-refractivity contribution in [3.05, 3.63) is 43.7 Å². The maximum atomic E-state index is 12.9. The fraction of sp³-hybridized carbons (Fsp3) is 0.308. The number of aromatic nitrogens is 1. The van der Waals surface area contributed by atoms with Crippen molar-refractivity contribution in [2.45, 2.75) is 26.6 Å². The highest BCUT2D eigenvalue weighted by Gasteiger charge is 2.34. The highest BCUT2D eigenvalue weighted by atomic mass is 79.9. The van der Waals surface area contributed by atoms with E-state index in [1.807, 2.05) is 19.9 Å².